The van der Waals surface area contributed by atoms with Gasteiger partial charge in [-0.25, -0.2) is 18.0 Å². The molecule has 1 saturated heterocycles. The molecule has 2 aliphatic heterocycles. The lowest BCUT2D eigenvalue weighted by Crippen LogP contribution is -2.38. The number of alkyl halides is 6. The number of carbonyl (C=O) groups is 2. The van der Waals surface area contributed by atoms with Crippen molar-refractivity contribution in [2.45, 2.75) is 30.7 Å². The molecule has 1 atom stereocenters. The summed E-state index contributed by atoms with van der Waals surface area (Å²) in [7, 11) is -3.29. The monoisotopic (exact) mass is 572 g/mol. The summed E-state index contributed by atoms with van der Waals surface area (Å²) < 4.78 is 89.4. The Labute approximate surface area is 212 Å². The van der Waals surface area contributed by atoms with Gasteiger partial charge in [-0.15, -0.1) is 0 Å². The van der Waals surface area contributed by atoms with E-state index in [1.807, 2.05) is 18.3 Å². The zero-order chi connectivity index (χ0) is 28.9. The largest absolute Gasteiger partial charge is 0.490 e. The van der Waals surface area contributed by atoms with Gasteiger partial charge in [0.2, 0.25) is 10.0 Å². The lowest BCUT2D eigenvalue weighted by atomic mass is 9.85. The molecule has 10 nitrogen and oxygen atoms in total. The first-order valence-corrected chi connectivity index (χ1v) is 12.4. The number of fused-ring (bicyclic) bond motifs is 2. The minimum atomic E-state index is -5.08. The van der Waals surface area contributed by atoms with Crippen LogP contribution in [0.25, 0.3) is 0 Å². The average molecular weight is 572 g/mol. The molecule has 0 radical (unpaired) electrons. The Bertz CT molecular complexity index is 1220. The number of sulfonamides is 1. The molecule has 38 heavy (non-hydrogen) atoms. The van der Waals surface area contributed by atoms with E-state index in [0.29, 0.717) is 6.54 Å². The summed E-state index contributed by atoms with van der Waals surface area (Å²) in [4.78, 5) is 28.9. The average Bonchev–Trinajstić information content (AvgIpc) is 3.36. The zero-order valence-electron chi connectivity index (χ0n) is 19.6. The van der Waals surface area contributed by atoms with E-state index in [9.17, 15) is 34.8 Å². The number of halogens is 6. The SMILES string of the molecule is CS(=O)(=O)N1CC2(CCN(Cc3cccnc3)C2)c2ncccc21.O=C(O)C(F)(F)F.O=C(O)C(F)(F)F. The molecule has 0 aromatic carbocycles. The standard InChI is InChI=1S/C17H20N4O2S.2C2HF3O2/c1-24(22,23)21-13-17(16-15(21)5-3-8-19-16)6-9-20(12-17)11-14-4-2-7-18-10-14;2*3-2(4,5)1(6)7/h2-5,7-8,10H,6,9,11-13H2,1H3;2*(H,6,7). The van der Waals surface area contributed by atoms with Gasteiger partial charge in [0.15, 0.2) is 0 Å². The third-order valence-electron chi connectivity index (χ3n) is 5.45. The summed E-state index contributed by atoms with van der Waals surface area (Å²) in [5.74, 6) is -5.51. The Morgan fingerprint density at radius 2 is 1.55 bits per heavy atom. The molecule has 0 aliphatic carbocycles. The number of likely N-dealkylation sites (tertiary alicyclic amines) is 1. The molecule has 4 rings (SSSR count). The minimum Gasteiger partial charge on any atom is -0.475 e. The maximum Gasteiger partial charge on any atom is 0.490 e. The number of hydrogen-bond acceptors (Lipinski definition) is 7. The maximum absolute atomic E-state index is 12.2. The van der Waals surface area contributed by atoms with Crippen LogP contribution in [0.3, 0.4) is 0 Å². The number of hydrogen-bond donors (Lipinski definition) is 2. The second kappa shape index (κ2) is 11.5. The molecular weight excluding hydrogens is 550 g/mol. The van der Waals surface area contributed by atoms with Gasteiger partial charge in [0.05, 0.1) is 17.6 Å². The van der Waals surface area contributed by atoms with Crippen molar-refractivity contribution < 1.29 is 54.6 Å². The number of aliphatic carboxylic acids is 2. The highest BCUT2D eigenvalue weighted by molar-refractivity contribution is 7.92. The number of nitrogens with zero attached hydrogens (tertiary/aromatic N) is 4. The number of anilines is 1. The predicted molar refractivity (Wildman–Crippen MR) is 120 cm³/mol. The van der Waals surface area contributed by atoms with Gasteiger partial charge >= 0.3 is 24.3 Å². The van der Waals surface area contributed by atoms with E-state index >= 15 is 0 Å². The van der Waals surface area contributed by atoms with Crippen molar-refractivity contribution in [2.75, 3.05) is 30.2 Å². The molecule has 2 aromatic heterocycles. The Morgan fingerprint density at radius 3 is 2.03 bits per heavy atom. The molecule has 210 valence electrons. The van der Waals surface area contributed by atoms with Gasteiger partial charge in [-0.3, -0.25) is 19.2 Å². The summed E-state index contributed by atoms with van der Waals surface area (Å²) in [6, 6.07) is 7.68. The lowest BCUT2D eigenvalue weighted by Gasteiger charge is -2.25. The topological polar surface area (TPSA) is 141 Å². The molecule has 2 N–H and O–H groups in total. The predicted octanol–water partition coefficient (Wildman–Crippen LogP) is 2.67. The maximum atomic E-state index is 12.2. The van der Waals surface area contributed by atoms with E-state index in [2.05, 4.69) is 20.9 Å². The first-order chi connectivity index (χ1) is 17.4. The van der Waals surface area contributed by atoms with E-state index in [1.54, 1.807) is 18.5 Å². The van der Waals surface area contributed by atoms with Gasteiger partial charge in [0.25, 0.3) is 0 Å². The number of carboxylic acid groups (broad SMARTS) is 2. The quantitative estimate of drug-likeness (QED) is 0.531. The highest BCUT2D eigenvalue weighted by atomic mass is 32.2. The Hall–Kier alpha value is -3.47. The van der Waals surface area contributed by atoms with Gasteiger partial charge in [0.1, 0.15) is 0 Å². The molecule has 1 spiro atoms. The summed E-state index contributed by atoms with van der Waals surface area (Å²) in [6.07, 6.45) is -2.56. The van der Waals surface area contributed by atoms with Crippen molar-refractivity contribution in [3.63, 3.8) is 0 Å². The van der Waals surface area contributed by atoms with Crippen molar-refractivity contribution in [2.24, 2.45) is 0 Å². The molecule has 4 heterocycles. The smallest absolute Gasteiger partial charge is 0.475 e. The molecule has 0 bridgehead atoms. The van der Waals surface area contributed by atoms with Gasteiger partial charge < -0.3 is 10.2 Å². The Morgan fingerprint density at radius 1 is 1.00 bits per heavy atom. The van der Waals surface area contributed by atoms with Crippen LogP contribution in [-0.2, 0) is 31.6 Å². The van der Waals surface area contributed by atoms with Crippen LogP contribution in [0.2, 0.25) is 0 Å². The Kier molecular flexibility index (Phi) is 9.31. The fourth-order valence-electron chi connectivity index (χ4n) is 3.90. The van der Waals surface area contributed by atoms with Gasteiger partial charge in [-0.1, -0.05) is 6.07 Å². The van der Waals surface area contributed by atoms with E-state index in [-0.39, 0.29) is 5.41 Å². The highest BCUT2D eigenvalue weighted by Crippen LogP contribution is 2.46. The molecule has 0 saturated carbocycles. The van der Waals surface area contributed by atoms with E-state index in [1.165, 1.54) is 16.1 Å². The molecule has 1 fully saturated rings. The zero-order valence-corrected chi connectivity index (χ0v) is 20.4. The molecule has 2 aliphatic rings. The van der Waals surface area contributed by atoms with Crippen LogP contribution in [0.15, 0.2) is 42.9 Å². The number of aromatic nitrogens is 2. The minimum absolute atomic E-state index is 0.206. The van der Waals surface area contributed by atoms with Crippen LogP contribution in [0.4, 0.5) is 32.0 Å². The van der Waals surface area contributed by atoms with Crippen LogP contribution in [-0.4, -0.2) is 83.7 Å². The fraction of sp³-hybridized carbons (Fsp3) is 0.429. The van der Waals surface area contributed by atoms with Crippen LogP contribution in [0, 0.1) is 0 Å². The van der Waals surface area contributed by atoms with E-state index in [0.717, 1.165) is 37.4 Å². The van der Waals surface area contributed by atoms with Gasteiger partial charge in [-0.05, 0) is 36.7 Å². The number of carboxylic acids is 2. The van der Waals surface area contributed by atoms with Gasteiger partial charge in [0, 0.05) is 43.6 Å². The summed E-state index contributed by atoms with van der Waals surface area (Å²) in [5.41, 5.74) is 2.63. The molecule has 1 unspecified atom stereocenters. The van der Waals surface area contributed by atoms with Crippen LogP contribution >= 0.6 is 0 Å². The Balaban J connectivity index is 0.000000301. The molecule has 17 heteroatoms. The first-order valence-electron chi connectivity index (χ1n) is 10.5. The normalized spacial score (nSPS) is 19.2. The third-order valence-corrected chi connectivity index (χ3v) is 6.58. The first kappa shape index (κ1) is 30.8. The second-order valence-electron chi connectivity index (χ2n) is 8.35. The van der Waals surface area contributed by atoms with Crippen LogP contribution in [0.1, 0.15) is 17.7 Å². The van der Waals surface area contributed by atoms with Crippen LogP contribution in [0.5, 0.6) is 0 Å². The molecular formula is C21H22F6N4O6S. The van der Waals surface area contributed by atoms with Gasteiger partial charge in [-0.2, -0.15) is 26.3 Å². The number of pyridine rings is 2. The second-order valence-corrected chi connectivity index (χ2v) is 10.3. The summed E-state index contributed by atoms with van der Waals surface area (Å²) in [5, 5.41) is 14.2. The third kappa shape index (κ3) is 8.01. The van der Waals surface area contributed by atoms with E-state index in [4.69, 9.17) is 19.8 Å². The van der Waals surface area contributed by atoms with Crippen molar-refractivity contribution in [1.29, 1.82) is 0 Å². The van der Waals surface area contributed by atoms with Crippen molar-refractivity contribution in [3.05, 3.63) is 54.1 Å². The van der Waals surface area contributed by atoms with Crippen LogP contribution < -0.4 is 4.31 Å². The van der Waals surface area contributed by atoms with E-state index < -0.39 is 34.3 Å². The summed E-state index contributed by atoms with van der Waals surface area (Å²) in [6.45, 7) is 3.07. The summed E-state index contributed by atoms with van der Waals surface area (Å²) >= 11 is 0. The highest BCUT2D eigenvalue weighted by Gasteiger charge is 2.50. The fourth-order valence-corrected chi connectivity index (χ4v) is 4.89. The van der Waals surface area contributed by atoms with Crippen molar-refractivity contribution in [1.82, 2.24) is 14.9 Å². The number of rotatable bonds is 3. The van der Waals surface area contributed by atoms with Crippen molar-refractivity contribution in [3.8, 4) is 0 Å². The molecule has 2 aromatic rings. The molecule has 0 amide bonds. The van der Waals surface area contributed by atoms with Crippen molar-refractivity contribution >= 4 is 27.6 Å². The lowest BCUT2D eigenvalue weighted by molar-refractivity contribution is -0.193.